The van der Waals surface area contributed by atoms with Crippen LogP contribution in [0.3, 0.4) is 0 Å². The Morgan fingerprint density at radius 2 is 2.33 bits per heavy atom. The van der Waals surface area contributed by atoms with Crippen LogP contribution in [-0.2, 0) is 4.81 Å². The van der Waals surface area contributed by atoms with Crippen LogP contribution in [0.2, 0.25) is 12.6 Å². The highest BCUT2D eigenvalue weighted by atomic mass is 17.1. The first-order valence-corrected chi connectivity index (χ1v) is 2.20. The van der Waals surface area contributed by atoms with E-state index in [2.05, 4.69) is 4.81 Å². The topological polar surface area (TPSA) is 29.5 Å². The summed E-state index contributed by atoms with van der Waals surface area (Å²) in [6.45, 7) is 0.676. The minimum absolute atomic E-state index is 0.542. The SMILES string of the molecule is OOBB1CC1. The summed E-state index contributed by atoms with van der Waals surface area (Å²) < 4.78 is 0. The van der Waals surface area contributed by atoms with Crippen LogP contribution in [-0.4, -0.2) is 19.2 Å². The van der Waals surface area contributed by atoms with Gasteiger partial charge in [0.25, 0.3) is 7.37 Å². The van der Waals surface area contributed by atoms with Gasteiger partial charge in [0.1, 0.15) is 6.60 Å². The molecule has 0 aromatic carbocycles. The molecule has 1 heterocycles. The molecule has 0 saturated carbocycles. The molecule has 6 heavy (non-hydrogen) atoms. The second-order valence-corrected chi connectivity index (χ2v) is 1.74. The third-order valence-electron chi connectivity index (χ3n) is 1.01. The first-order chi connectivity index (χ1) is 2.93. The first-order valence-electron chi connectivity index (χ1n) is 2.20. The fraction of sp³-hybridized carbons (Fsp3) is 1.00. The quantitative estimate of drug-likeness (QED) is 0.286. The van der Waals surface area contributed by atoms with E-state index < -0.39 is 0 Å². The van der Waals surface area contributed by atoms with E-state index in [1.807, 2.05) is 0 Å². The van der Waals surface area contributed by atoms with Gasteiger partial charge in [0.05, 0.1) is 0 Å². The van der Waals surface area contributed by atoms with Gasteiger partial charge in [-0.3, -0.25) is 5.26 Å². The lowest BCUT2D eigenvalue weighted by Gasteiger charge is -1.79. The first kappa shape index (κ1) is 4.22. The van der Waals surface area contributed by atoms with Crippen molar-refractivity contribution in [2.24, 2.45) is 0 Å². The summed E-state index contributed by atoms with van der Waals surface area (Å²) in [7, 11) is 0.542. The minimum atomic E-state index is 0.542. The fourth-order valence-electron chi connectivity index (χ4n) is 0.390. The standard InChI is InChI=1S/C2H6B2O2/c5-6-3-4-1-2-4/h3,5H,1-2H2. The van der Waals surface area contributed by atoms with Gasteiger partial charge in [-0.05, 0) is 0 Å². The van der Waals surface area contributed by atoms with Gasteiger partial charge in [0.2, 0.25) is 0 Å². The Kier molecular flexibility index (Phi) is 1.17. The lowest BCUT2D eigenvalue weighted by molar-refractivity contribution is -0.134. The second kappa shape index (κ2) is 1.67. The summed E-state index contributed by atoms with van der Waals surface area (Å²) in [6, 6.07) is 0. The van der Waals surface area contributed by atoms with E-state index >= 15 is 0 Å². The minimum Gasteiger partial charge on any atom is -0.322 e. The van der Waals surface area contributed by atoms with Crippen molar-refractivity contribution in [3.8, 4) is 0 Å². The van der Waals surface area contributed by atoms with Crippen molar-refractivity contribution >= 4 is 14.0 Å². The molecule has 32 valence electrons. The highest BCUT2D eigenvalue weighted by Crippen LogP contribution is 2.18. The van der Waals surface area contributed by atoms with E-state index in [0.717, 1.165) is 0 Å². The predicted molar refractivity (Wildman–Crippen MR) is 26.2 cm³/mol. The molecule has 0 spiro atoms. The normalized spacial score (nSPS) is 17.8. The highest BCUT2D eigenvalue weighted by Gasteiger charge is 2.27. The van der Waals surface area contributed by atoms with Crippen molar-refractivity contribution in [2.75, 3.05) is 0 Å². The predicted octanol–water partition coefficient (Wildman–Crippen LogP) is -0.167. The molecule has 0 unspecified atom stereocenters. The van der Waals surface area contributed by atoms with Gasteiger partial charge in [-0.2, -0.15) is 0 Å². The lowest BCUT2D eigenvalue weighted by Crippen LogP contribution is -2.04. The van der Waals surface area contributed by atoms with Gasteiger partial charge in [-0.25, -0.2) is 0 Å². The van der Waals surface area contributed by atoms with Crippen molar-refractivity contribution in [1.29, 1.82) is 0 Å². The van der Waals surface area contributed by atoms with Crippen molar-refractivity contribution in [3.05, 3.63) is 0 Å². The molecule has 0 aliphatic carbocycles. The Balaban J connectivity index is 1.88. The summed E-state index contributed by atoms with van der Waals surface area (Å²) >= 11 is 0. The zero-order valence-electron chi connectivity index (χ0n) is 3.55. The van der Waals surface area contributed by atoms with Gasteiger partial charge >= 0.3 is 0 Å². The molecule has 1 aliphatic rings. The molecule has 0 bridgehead atoms. The third kappa shape index (κ3) is 1.03. The monoisotopic (exact) mass is 84.1 g/mol. The molecular formula is C2H6B2O2. The summed E-state index contributed by atoms with van der Waals surface area (Å²) in [5, 5.41) is 7.78. The van der Waals surface area contributed by atoms with Crippen LogP contribution >= 0.6 is 0 Å². The van der Waals surface area contributed by atoms with Crippen molar-refractivity contribution in [1.82, 2.24) is 0 Å². The Hall–Kier alpha value is 0.0499. The van der Waals surface area contributed by atoms with Crippen molar-refractivity contribution in [2.45, 2.75) is 12.6 Å². The van der Waals surface area contributed by atoms with Crippen molar-refractivity contribution < 1.29 is 10.1 Å². The average Bonchev–Trinajstić information content (AvgIpc) is 2.21. The van der Waals surface area contributed by atoms with Gasteiger partial charge in [0.15, 0.2) is 0 Å². The van der Waals surface area contributed by atoms with Gasteiger partial charge < -0.3 is 4.81 Å². The van der Waals surface area contributed by atoms with E-state index in [9.17, 15) is 0 Å². The van der Waals surface area contributed by atoms with Crippen LogP contribution in [0.25, 0.3) is 0 Å². The van der Waals surface area contributed by atoms with Crippen LogP contribution in [0.5, 0.6) is 0 Å². The van der Waals surface area contributed by atoms with E-state index in [4.69, 9.17) is 5.26 Å². The molecule has 0 aromatic rings. The number of hydrogen-bond donors (Lipinski definition) is 1. The fourth-order valence-corrected chi connectivity index (χ4v) is 0.390. The molecular weight excluding hydrogens is 77.6 g/mol. The molecule has 1 aliphatic heterocycles. The van der Waals surface area contributed by atoms with E-state index in [0.29, 0.717) is 14.0 Å². The summed E-state index contributed by atoms with van der Waals surface area (Å²) in [6.07, 6.45) is 2.47. The summed E-state index contributed by atoms with van der Waals surface area (Å²) in [4.78, 5) is 3.87. The van der Waals surface area contributed by atoms with Crippen LogP contribution < -0.4 is 0 Å². The molecule has 0 aromatic heterocycles. The van der Waals surface area contributed by atoms with E-state index in [-0.39, 0.29) is 0 Å². The maximum Gasteiger partial charge on any atom is 0.286 e. The van der Waals surface area contributed by atoms with E-state index in [1.54, 1.807) is 0 Å². The summed E-state index contributed by atoms with van der Waals surface area (Å²) in [5.74, 6) is 0. The number of hydrogen-bond acceptors (Lipinski definition) is 2. The molecule has 0 amide bonds. The highest BCUT2D eigenvalue weighted by molar-refractivity contribution is 7.15. The largest absolute Gasteiger partial charge is 0.322 e. The van der Waals surface area contributed by atoms with E-state index in [1.165, 1.54) is 12.6 Å². The molecule has 1 saturated heterocycles. The number of rotatable bonds is 2. The molecule has 1 fully saturated rings. The van der Waals surface area contributed by atoms with Crippen LogP contribution in [0, 0.1) is 0 Å². The second-order valence-electron chi connectivity index (χ2n) is 1.74. The summed E-state index contributed by atoms with van der Waals surface area (Å²) in [5.41, 5.74) is 0. The molecule has 2 nitrogen and oxygen atoms in total. The van der Waals surface area contributed by atoms with Gasteiger partial charge in [-0.15, -0.1) is 0 Å². The Morgan fingerprint density at radius 1 is 1.67 bits per heavy atom. The Labute approximate surface area is 37.8 Å². The van der Waals surface area contributed by atoms with Crippen LogP contribution in [0.15, 0.2) is 0 Å². The molecule has 0 atom stereocenters. The lowest BCUT2D eigenvalue weighted by atomic mass is 9.43. The van der Waals surface area contributed by atoms with Crippen LogP contribution in [0.4, 0.5) is 0 Å². The zero-order valence-corrected chi connectivity index (χ0v) is 3.55. The van der Waals surface area contributed by atoms with Crippen molar-refractivity contribution in [3.63, 3.8) is 0 Å². The molecule has 1 N–H and O–H groups in total. The molecule has 1 rings (SSSR count). The smallest absolute Gasteiger partial charge is 0.286 e. The van der Waals surface area contributed by atoms with Crippen LogP contribution in [0.1, 0.15) is 0 Å². The van der Waals surface area contributed by atoms with Gasteiger partial charge in [-0.1, -0.05) is 12.6 Å². The molecule has 4 heteroatoms. The third-order valence-corrected chi connectivity index (χ3v) is 1.01. The average molecular weight is 83.7 g/mol. The Morgan fingerprint density at radius 3 is 2.50 bits per heavy atom. The zero-order chi connectivity index (χ0) is 4.41. The maximum atomic E-state index is 7.78. The molecule has 0 radical (unpaired) electrons. The maximum absolute atomic E-state index is 7.78. The van der Waals surface area contributed by atoms with Gasteiger partial charge in [0, 0.05) is 0 Å². The Bertz CT molecular complexity index is 44.8.